The Morgan fingerprint density at radius 3 is 2.67 bits per heavy atom. The van der Waals surface area contributed by atoms with Crippen LogP contribution in [0.15, 0.2) is 23.1 Å². The van der Waals surface area contributed by atoms with Gasteiger partial charge < -0.3 is 11.1 Å². The number of nitrogens with one attached hydrogen (secondary N) is 2. The standard InChI is InChI=1S/C11H14N4O5S/c12-7-1-4-9(15(17)18)10(5-7)21(19,20)13-6-11(16)14-8-2-3-8/h1,4-5,8,13H,2-3,6,12H2,(H,14,16). The number of hydrogen-bond donors (Lipinski definition) is 3. The molecule has 21 heavy (non-hydrogen) atoms. The van der Waals surface area contributed by atoms with Crippen molar-refractivity contribution >= 4 is 27.3 Å². The van der Waals surface area contributed by atoms with Gasteiger partial charge in [-0.05, 0) is 25.0 Å². The molecule has 0 unspecified atom stereocenters. The number of nitrogens with two attached hydrogens (primary N) is 1. The van der Waals surface area contributed by atoms with Crippen LogP contribution < -0.4 is 15.8 Å². The zero-order valence-electron chi connectivity index (χ0n) is 10.9. The lowest BCUT2D eigenvalue weighted by molar-refractivity contribution is -0.387. The van der Waals surface area contributed by atoms with E-state index in [4.69, 9.17) is 5.73 Å². The van der Waals surface area contributed by atoms with E-state index in [1.807, 2.05) is 4.72 Å². The maximum Gasteiger partial charge on any atom is 0.289 e. The van der Waals surface area contributed by atoms with Crippen LogP contribution >= 0.6 is 0 Å². The minimum Gasteiger partial charge on any atom is -0.399 e. The number of nitrogen functional groups attached to an aromatic ring is 1. The monoisotopic (exact) mass is 314 g/mol. The topological polar surface area (TPSA) is 144 Å². The first kappa shape index (κ1) is 15.2. The molecule has 1 aromatic rings. The summed E-state index contributed by atoms with van der Waals surface area (Å²) in [5.41, 5.74) is 4.94. The van der Waals surface area contributed by atoms with E-state index < -0.39 is 38.0 Å². The first-order chi connectivity index (χ1) is 9.79. The Labute approximate surface area is 120 Å². The van der Waals surface area contributed by atoms with E-state index in [0.29, 0.717) is 0 Å². The van der Waals surface area contributed by atoms with Crippen molar-refractivity contribution in [1.29, 1.82) is 0 Å². The second kappa shape index (κ2) is 5.66. The van der Waals surface area contributed by atoms with Gasteiger partial charge in [0, 0.05) is 17.8 Å². The van der Waals surface area contributed by atoms with Gasteiger partial charge in [0.15, 0.2) is 4.90 Å². The fourth-order valence-corrected chi connectivity index (χ4v) is 2.83. The highest BCUT2D eigenvalue weighted by molar-refractivity contribution is 7.89. The van der Waals surface area contributed by atoms with Gasteiger partial charge in [0.2, 0.25) is 15.9 Å². The van der Waals surface area contributed by atoms with Gasteiger partial charge in [-0.25, -0.2) is 13.1 Å². The Morgan fingerprint density at radius 1 is 1.43 bits per heavy atom. The maximum atomic E-state index is 12.1. The molecule has 0 aliphatic heterocycles. The van der Waals surface area contributed by atoms with Crippen LogP contribution in [0.5, 0.6) is 0 Å². The number of benzene rings is 1. The van der Waals surface area contributed by atoms with Crippen LogP contribution in [-0.2, 0) is 14.8 Å². The number of amides is 1. The average Bonchev–Trinajstić information content (AvgIpc) is 3.20. The molecule has 0 radical (unpaired) electrons. The van der Waals surface area contributed by atoms with Crippen LogP contribution in [-0.4, -0.2) is 31.8 Å². The SMILES string of the molecule is Nc1ccc([N+](=O)[O-])c(S(=O)(=O)NCC(=O)NC2CC2)c1. The molecule has 9 nitrogen and oxygen atoms in total. The molecule has 0 saturated heterocycles. The maximum absolute atomic E-state index is 12.1. The smallest absolute Gasteiger partial charge is 0.289 e. The van der Waals surface area contributed by atoms with Crippen molar-refractivity contribution in [2.75, 3.05) is 12.3 Å². The Balaban J connectivity index is 2.16. The summed E-state index contributed by atoms with van der Waals surface area (Å²) in [7, 11) is -4.20. The summed E-state index contributed by atoms with van der Waals surface area (Å²) in [5.74, 6) is -0.479. The number of nitro groups is 1. The third-order valence-corrected chi connectivity index (χ3v) is 4.27. The fraction of sp³-hybridized carbons (Fsp3) is 0.364. The average molecular weight is 314 g/mol. The Hall–Kier alpha value is -2.20. The van der Waals surface area contributed by atoms with Crippen molar-refractivity contribution in [1.82, 2.24) is 10.0 Å². The van der Waals surface area contributed by atoms with Crippen LogP contribution in [0.4, 0.5) is 11.4 Å². The van der Waals surface area contributed by atoms with Crippen LogP contribution in [0, 0.1) is 10.1 Å². The summed E-state index contributed by atoms with van der Waals surface area (Å²) in [4.78, 5) is 20.9. The molecule has 10 heteroatoms. The molecule has 0 aromatic heterocycles. The molecule has 114 valence electrons. The quantitative estimate of drug-likeness (QED) is 0.374. The minimum atomic E-state index is -4.20. The largest absolute Gasteiger partial charge is 0.399 e. The molecule has 0 bridgehead atoms. The van der Waals surface area contributed by atoms with E-state index in [2.05, 4.69) is 5.32 Å². The second-order valence-corrected chi connectivity index (χ2v) is 6.39. The van der Waals surface area contributed by atoms with E-state index in [1.54, 1.807) is 0 Å². The zero-order valence-corrected chi connectivity index (χ0v) is 11.7. The van der Waals surface area contributed by atoms with Crippen LogP contribution in [0.1, 0.15) is 12.8 Å². The Bertz CT molecular complexity index is 684. The van der Waals surface area contributed by atoms with Gasteiger partial charge in [0.05, 0.1) is 11.5 Å². The minimum absolute atomic E-state index is 0.0726. The van der Waals surface area contributed by atoms with Gasteiger partial charge in [-0.15, -0.1) is 0 Å². The molecule has 4 N–H and O–H groups in total. The van der Waals surface area contributed by atoms with Gasteiger partial charge in [0.25, 0.3) is 5.69 Å². The molecular weight excluding hydrogens is 300 g/mol. The molecule has 1 amide bonds. The Morgan fingerprint density at radius 2 is 2.10 bits per heavy atom. The zero-order chi connectivity index (χ0) is 15.6. The van der Waals surface area contributed by atoms with Crippen molar-refractivity contribution in [3.05, 3.63) is 28.3 Å². The van der Waals surface area contributed by atoms with Crippen molar-refractivity contribution in [2.45, 2.75) is 23.8 Å². The van der Waals surface area contributed by atoms with Gasteiger partial charge in [0.1, 0.15) is 0 Å². The number of carbonyl (C=O) groups excluding carboxylic acids is 1. The van der Waals surface area contributed by atoms with Crippen molar-refractivity contribution < 1.29 is 18.1 Å². The molecule has 1 aliphatic rings. The van der Waals surface area contributed by atoms with Crippen molar-refractivity contribution in [2.24, 2.45) is 0 Å². The van der Waals surface area contributed by atoms with Gasteiger partial charge >= 0.3 is 0 Å². The highest BCUT2D eigenvalue weighted by Gasteiger charge is 2.28. The van der Waals surface area contributed by atoms with Gasteiger partial charge in [-0.1, -0.05) is 0 Å². The number of rotatable bonds is 6. The number of hydrogen-bond acceptors (Lipinski definition) is 6. The summed E-state index contributed by atoms with van der Waals surface area (Å²) in [6.45, 7) is -0.481. The second-order valence-electron chi connectivity index (χ2n) is 4.65. The number of carbonyl (C=O) groups is 1. The van der Waals surface area contributed by atoms with Crippen LogP contribution in [0.3, 0.4) is 0 Å². The predicted octanol–water partition coefficient (Wildman–Crippen LogP) is -0.266. The van der Waals surface area contributed by atoms with Crippen LogP contribution in [0.2, 0.25) is 0 Å². The molecular formula is C11H14N4O5S. The van der Waals surface area contributed by atoms with Crippen LogP contribution in [0.25, 0.3) is 0 Å². The summed E-state index contributed by atoms with van der Waals surface area (Å²) in [6, 6.07) is 3.33. The number of nitro benzene ring substituents is 1. The lowest BCUT2D eigenvalue weighted by atomic mass is 10.3. The fourth-order valence-electron chi connectivity index (χ4n) is 1.64. The van der Waals surface area contributed by atoms with Gasteiger partial charge in [-0.3, -0.25) is 14.9 Å². The molecule has 1 fully saturated rings. The highest BCUT2D eigenvalue weighted by Crippen LogP contribution is 2.25. The third kappa shape index (κ3) is 3.89. The highest BCUT2D eigenvalue weighted by atomic mass is 32.2. The summed E-state index contributed by atoms with van der Waals surface area (Å²) >= 11 is 0. The number of anilines is 1. The van der Waals surface area contributed by atoms with E-state index in [0.717, 1.165) is 25.0 Å². The van der Waals surface area contributed by atoms with Crippen molar-refractivity contribution in [3.63, 3.8) is 0 Å². The summed E-state index contributed by atoms with van der Waals surface area (Å²) in [6.07, 6.45) is 1.75. The molecule has 2 rings (SSSR count). The predicted molar refractivity (Wildman–Crippen MR) is 73.9 cm³/mol. The van der Waals surface area contributed by atoms with E-state index in [-0.39, 0.29) is 11.7 Å². The third-order valence-electron chi connectivity index (χ3n) is 2.84. The summed E-state index contributed by atoms with van der Waals surface area (Å²) < 4.78 is 26.2. The normalized spacial score (nSPS) is 14.7. The molecule has 0 spiro atoms. The molecule has 0 atom stereocenters. The van der Waals surface area contributed by atoms with E-state index in [9.17, 15) is 23.3 Å². The number of sulfonamides is 1. The Kier molecular flexibility index (Phi) is 4.09. The molecule has 1 saturated carbocycles. The number of nitrogens with zero attached hydrogens (tertiary/aromatic N) is 1. The molecule has 0 heterocycles. The van der Waals surface area contributed by atoms with Crippen molar-refractivity contribution in [3.8, 4) is 0 Å². The lowest BCUT2D eigenvalue weighted by Gasteiger charge is -2.08. The lowest BCUT2D eigenvalue weighted by Crippen LogP contribution is -2.38. The van der Waals surface area contributed by atoms with Gasteiger partial charge in [-0.2, -0.15) is 0 Å². The first-order valence-corrected chi connectivity index (χ1v) is 7.61. The van der Waals surface area contributed by atoms with E-state index in [1.165, 1.54) is 6.07 Å². The van der Waals surface area contributed by atoms with E-state index >= 15 is 0 Å². The molecule has 1 aromatic carbocycles. The summed E-state index contributed by atoms with van der Waals surface area (Å²) in [5, 5.41) is 13.5. The molecule has 1 aliphatic carbocycles. The first-order valence-electron chi connectivity index (χ1n) is 6.12.